The minimum Gasteiger partial charge on any atom is -0.388 e. The number of hydrogen-bond acceptors (Lipinski definition) is 9. The Hall–Kier alpha value is -1.14. The Bertz CT molecular complexity index is 585. The summed E-state index contributed by atoms with van der Waals surface area (Å²) in [5, 5.41) is 50.0. The van der Waals surface area contributed by atoms with E-state index in [1.165, 1.54) is 6.92 Å². The number of hydrogen-bond donors (Lipinski definition) is 5. The molecule has 1 aromatic carbocycles. The van der Waals surface area contributed by atoms with Crippen LogP contribution < -0.4 is 0 Å². The van der Waals surface area contributed by atoms with Crippen LogP contribution in [0.25, 0.3) is 0 Å². The summed E-state index contributed by atoms with van der Waals surface area (Å²) in [6.07, 6.45) is -11.2. The molecule has 2 aliphatic rings. The summed E-state index contributed by atoms with van der Waals surface area (Å²) < 4.78 is 22.1. The van der Waals surface area contributed by atoms with Crippen LogP contribution in [0.15, 0.2) is 30.3 Å². The third-order valence-electron chi connectivity index (χ3n) is 4.79. The van der Waals surface area contributed by atoms with E-state index in [0.717, 1.165) is 5.56 Å². The van der Waals surface area contributed by atoms with E-state index < -0.39 is 55.3 Å². The second-order valence-electron chi connectivity index (χ2n) is 6.84. The zero-order valence-electron chi connectivity index (χ0n) is 14.9. The van der Waals surface area contributed by atoms with Gasteiger partial charge in [0, 0.05) is 0 Å². The molecule has 9 atom stereocenters. The van der Waals surface area contributed by atoms with Gasteiger partial charge in [0.05, 0.1) is 19.3 Å². The quantitative estimate of drug-likeness (QED) is 0.409. The molecular formula is C18H26O9. The van der Waals surface area contributed by atoms with Gasteiger partial charge in [0.1, 0.15) is 36.6 Å². The van der Waals surface area contributed by atoms with Gasteiger partial charge in [-0.25, -0.2) is 0 Å². The second-order valence-corrected chi connectivity index (χ2v) is 6.84. The number of aliphatic hydroxyl groups is 5. The third-order valence-corrected chi connectivity index (χ3v) is 4.79. The highest BCUT2D eigenvalue weighted by atomic mass is 16.7. The Kier molecular flexibility index (Phi) is 6.79. The summed E-state index contributed by atoms with van der Waals surface area (Å²) in [5.41, 5.74) is 0.876. The maximum absolute atomic E-state index is 10.3. The molecule has 2 fully saturated rings. The van der Waals surface area contributed by atoms with Crippen molar-refractivity contribution in [2.24, 2.45) is 0 Å². The fraction of sp³-hybridized carbons (Fsp3) is 0.667. The van der Waals surface area contributed by atoms with Gasteiger partial charge in [-0.1, -0.05) is 30.3 Å². The fourth-order valence-corrected chi connectivity index (χ4v) is 3.09. The molecule has 1 aromatic rings. The standard InChI is InChI=1S/C18H26O9/c1-9-12(20)14(22)15(23)17(26-9)27-16-13(21)11(19)8-25-18(16)24-7-10-5-3-2-4-6-10/h2-6,9,11-23H,7-8H2,1H3/t9-,11-,12+,13+,14+,15-,16-,17+,18+/m1/s1. The van der Waals surface area contributed by atoms with Gasteiger partial charge in [-0.15, -0.1) is 0 Å². The van der Waals surface area contributed by atoms with Crippen LogP contribution in [-0.2, 0) is 25.6 Å². The van der Waals surface area contributed by atoms with E-state index in [0.29, 0.717) is 0 Å². The SMILES string of the molecule is C[C@H]1O[C@@H](O[C@H]2[C@@H](OCc3ccccc3)OC[C@@H](O)[C@@H]2O)[C@H](O)[C@@H](O)[C@H]1O. The summed E-state index contributed by atoms with van der Waals surface area (Å²) in [6.45, 7) is 1.55. The molecule has 9 nitrogen and oxygen atoms in total. The van der Waals surface area contributed by atoms with Crippen LogP contribution in [0.3, 0.4) is 0 Å². The number of rotatable bonds is 5. The van der Waals surface area contributed by atoms with Gasteiger partial charge in [-0.3, -0.25) is 0 Å². The average molecular weight is 386 g/mol. The molecular weight excluding hydrogens is 360 g/mol. The normalized spacial score (nSPS) is 42.8. The third kappa shape index (κ3) is 4.65. The predicted molar refractivity (Wildman–Crippen MR) is 90.2 cm³/mol. The second kappa shape index (κ2) is 8.91. The lowest BCUT2D eigenvalue weighted by molar-refractivity contribution is -0.354. The van der Waals surface area contributed by atoms with E-state index in [4.69, 9.17) is 18.9 Å². The Balaban J connectivity index is 1.68. The molecule has 0 amide bonds. The van der Waals surface area contributed by atoms with Gasteiger partial charge in [-0.05, 0) is 12.5 Å². The van der Waals surface area contributed by atoms with Crippen LogP contribution in [0.2, 0.25) is 0 Å². The van der Waals surface area contributed by atoms with Crippen molar-refractivity contribution in [2.75, 3.05) is 6.61 Å². The van der Waals surface area contributed by atoms with Gasteiger partial charge < -0.3 is 44.5 Å². The molecule has 0 unspecified atom stereocenters. The van der Waals surface area contributed by atoms with Crippen molar-refractivity contribution in [2.45, 2.75) is 68.8 Å². The van der Waals surface area contributed by atoms with Crippen LogP contribution in [0, 0.1) is 0 Å². The Morgan fingerprint density at radius 3 is 2.33 bits per heavy atom. The van der Waals surface area contributed by atoms with Crippen molar-refractivity contribution in [3.05, 3.63) is 35.9 Å². The van der Waals surface area contributed by atoms with Gasteiger partial charge >= 0.3 is 0 Å². The summed E-state index contributed by atoms with van der Waals surface area (Å²) >= 11 is 0. The first-order valence-corrected chi connectivity index (χ1v) is 8.87. The van der Waals surface area contributed by atoms with Crippen LogP contribution in [0.5, 0.6) is 0 Å². The molecule has 0 saturated carbocycles. The lowest BCUT2D eigenvalue weighted by atomic mass is 9.99. The van der Waals surface area contributed by atoms with Crippen molar-refractivity contribution in [1.29, 1.82) is 0 Å². The minimum atomic E-state index is -1.54. The van der Waals surface area contributed by atoms with Crippen molar-refractivity contribution in [1.82, 2.24) is 0 Å². The molecule has 2 heterocycles. The van der Waals surface area contributed by atoms with E-state index in [2.05, 4.69) is 0 Å². The van der Waals surface area contributed by atoms with Gasteiger partial charge in [0.2, 0.25) is 0 Å². The van der Waals surface area contributed by atoms with Crippen LogP contribution in [0.4, 0.5) is 0 Å². The zero-order valence-corrected chi connectivity index (χ0v) is 14.9. The number of benzene rings is 1. The minimum absolute atomic E-state index is 0.147. The predicted octanol–water partition coefficient (Wildman–Crippen LogP) is -1.51. The van der Waals surface area contributed by atoms with Crippen molar-refractivity contribution >= 4 is 0 Å². The molecule has 27 heavy (non-hydrogen) atoms. The summed E-state index contributed by atoms with van der Waals surface area (Å²) in [5.74, 6) is 0. The van der Waals surface area contributed by atoms with Crippen LogP contribution in [-0.4, -0.2) is 87.4 Å². The largest absolute Gasteiger partial charge is 0.388 e. The number of aliphatic hydroxyl groups excluding tert-OH is 5. The molecule has 152 valence electrons. The molecule has 9 heteroatoms. The maximum atomic E-state index is 10.3. The van der Waals surface area contributed by atoms with E-state index >= 15 is 0 Å². The molecule has 0 radical (unpaired) electrons. The first-order valence-electron chi connectivity index (χ1n) is 8.87. The van der Waals surface area contributed by atoms with E-state index in [-0.39, 0.29) is 13.2 Å². The summed E-state index contributed by atoms with van der Waals surface area (Å²) in [7, 11) is 0. The highest BCUT2D eigenvalue weighted by molar-refractivity contribution is 5.13. The van der Waals surface area contributed by atoms with E-state index in [1.807, 2.05) is 30.3 Å². The highest BCUT2D eigenvalue weighted by Crippen LogP contribution is 2.27. The van der Waals surface area contributed by atoms with Gasteiger partial charge in [-0.2, -0.15) is 0 Å². The van der Waals surface area contributed by atoms with Crippen molar-refractivity contribution in [3.8, 4) is 0 Å². The van der Waals surface area contributed by atoms with Crippen LogP contribution >= 0.6 is 0 Å². The van der Waals surface area contributed by atoms with E-state index in [9.17, 15) is 25.5 Å². The highest BCUT2D eigenvalue weighted by Gasteiger charge is 2.47. The summed E-state index contributed by atoms with van der Waals surface area (Å²) in [6, 6.07) is 9.30. The average Bonchev–Trinajstić information content (AvgIpc) is 2.68. The molecule has 5 N–H and O–H groups in total. The topological polar surface area (TPSA) is 138 Å². The molecule has 0 bridgehead atoms. The van der Waals surface area contributed by atoms with Crippen molar-refractivity contribution < 1.29 is 44.5 Å². The fourth-order valence-electron chi connectivity index (χ4n) is 3.09. The van der Waals surface area contributed by atoms with Crippen LogP contribution in [0.1, 0.15) is 12.5 Å². The van der Waals surface area contributed by atoms with Crippen molar-refractivity contribution in [3.63, 3.8) is 0 Å². The first-order chi connectivity index (χ1) is 12.9. The van der Waals surface area contributed by atoms with E-state index in [1.54, 1.807) is 0 Å². The molecule has 3 rings (SSSR count). The first kappa shape index (κ1) is 20.6. The smallest absolute Gasteiger partial charge is 0.187 e. The molecule has 0 aromatic heterocycles. The lowest BCUT2D eigenvalue weighted by Gasteiger charge is -2.44. The Morgan fingerprint density at radius 2 is 1.63 bits per heavy atom. The maximum Gasteiger partial charge on any atom is 0.187 e. The zero-order chi connectivity index (χ0) is 19.6. The Morgan fingerprint density at radius 1 is 0.926 bits per heavy atom. The molecule has 2 saturated heterocycles. The van der Waals surface area contributed by atoms with Gasteiger partial charge in [0.25, 0.3) is 0 Å². The molecule has 0 aliphatic carbocycles. The molecule has 0 spiro atoms. The molecule has 2 aliphatic heterocycles. The monoisotopic (exact) mass is 386 g/mol. The summed E-state index contributed by atoms with van der Waals surface area (Å²) in [4.78, 5) is 0. The van der Waals surface area contributed by atoms with Gasteiger partial charge in [0.15, 0.2) is 12.6 Å². The Labute approximate surface area is 156 Å². The number of ether oxygens (including phenoxy) is 4. The lowest BCUT2D eigenvalue weighted by Crippen LogP contribution is -2.62.